The highest BCUT2D eigenvalue weighted by Crippen LogP contribution is 2.25. The fourth-order valence-corrected chi connectivity index (χ4v) is 3.61. The van der Waals surface area contributed by atoms with Crippen LogP contribution in [0.2, 0.25) is 0 Å². The summed E-state index contributed by atoms with van der Waals surface area (Å²) in [5, 5.41) is 8.33. The molecule has 0 bridgehead atoms. The second-order valence-electron chi connectivity index (χ2n) is 5.26. The average molecular weight is 386 g/mol. The van der Waals surface area contributed by atoms with Crippen molar-refractivity contribution in [3.05, 3.63) is 63.8 Å². The number of carbonyl (C=O) groups is 3. The fraction of sp³-hybridized carbons (Fsp3) is 0.111. The van der Waals surface area contributed by atoms with Crippen molar-refractivity contribution in [3.63, 3.8) is 0 Å². The summed E-state index contributed by atoms with van der Waals surface area (Å²) in [6, 6.07) is 10.9. The smallest absolute Gasteiger partial charge is 0.358 e. The van der Waals surface area contributed by atoms with Gasteiger partial charge in [0, 0.05) is 16.3 Å². The maximum Gasteiger partial charge on any atom is 0.358 e. The summed E-state index contributed by atoms with van der Waals surface area (Å²) in [6.45, 7) is -0.537. The number of benzene rings is 1. The van der Waals surface area contributed by atoms with E-state index in [0.29, 0.717) is 5.01 Å². The molecule has 0 saturated heterocycles. The van der Waals surface area contributed by atoms with Crippen LogP contribution in [0, 0.1) is 0 Å². The molecule has 0 aliphatic heterocycles. The van der Waals surface area contributed by atoms with Crippen molar-refractivity contribution in [2.24, 2.45) is 0 Å². The van der Waals surface area contributed by atoms with E-state index in [9.17, 15) is 14.4 Å². The Balaban J connectivity index is 1.47. The minimum absolute atomic E-state index is 0.0800. The molecule has 0 saturated carbocycles. The molecule has 0 atom stereocenters. The second-order valence-corrected chi connectivity index (χ2v) is 6.90. The van der Waals surface area contributed by atoms with Gasteiger partial charge in [0.15, 0.2) is 12.3 Å². The molecule has 2 amide bonds. The zero-order valence-electron chi connectivity index (χ0n) is 13.5. The van der Waals surface area contributed by atoms with E-state index in [-0.39, 0.29) is 12.1 Å². The topological polar surface area (TPSA) is 85.4 Å². The van der Waals surface area contributed by atoms with Gasteiger partial charge in [0.2, 0.25) is 5.91 Å². The van der Waals surface area contributed by atoms with E-state index in [4.69, 9.17) is 4.74 Å². The molecule has 8 heteroatoms. The van der Waals surface area contributed by atoms with Gasteiger partial charge in [-0.1, -0.05) is 30.3 Å². The lowest BCUT2D eigenvalue weighted by atomic mass is 10.1. The Morgan fingerprint density at radius 1 is 1.04 bits per heavy atom. The van der Waals surface area contributed by atoms with Gasteiger partial charge in [-0.2, -0.15) is 11.3 Å². The number of amides is 2. The molecule has 0 fully saturated rings. The number of nitrogens with zero attached hydrogens (tertiary/aromatic N) is 1. The number of esters is 1. The first kappa shape index (κ1) is 18.0. The number of ether oxygens (including phenoxy) is 1. The third-order valence-electron chi connectivity index (χ3n) is 3.30. The van der Waals surface area contributed by atoms with Crippen LogP contribution < -0.4 is 5.32 Å². The highest BCUT2D eigenvalue weighted by atomic mass is 32.1. The molecule has 0 unspecified atom stereocenters. The van der Waals surface area contributed by atoms with Crippen LogP contribution in [0.3, 0.4) is 0 Å². The Labute approximate surface area is 157 Å². The maximum atomic E-state index is 12.0. The molecule has 0 aliphatic rings. The number of nitrogens with one attached hydrogen (secondary N) is 1. The van der Waals surface area contributed by atoms with E-state index in [0.717, 1.165) is 11.1 Å². The quantitative estimate of drug-likeness (QED) is 0.659. The van der Waals surface area contributed by atoms with Crippen LogP contribution in [-0.4, -0.2) is 29.4 Å². The SMILES string of the molecule is O=C(COC(=O)c1csc(-c2ccsc2)n1)NC(=O)Cc1ccccc1. The summed E-state index contributed by atoms with van der Waals surface area (Å²) in [5.74, 6) is -1.83. The predicted molar refractivity (Wildman–Crippen MR) is 99.0 cm³/mol. The van der Waals surface area contributed by atoms with E-state index in [2.05, 4.69) is 10.3 Å². The lowest BCUT2D eigenvalue weighted by molar-refractivity contribution is -0.132. The zero-order chi connectivity index (χ0) is 18.4. The molecule has 3 aromatic rings. The number of carbonyl (C=O) groups excluding carboxylic acids is 3. The van der Waals surface area contributed by atoms with E-state index in [1.807, 2.05) is 35.0 Å². The van der Waals surface area contributed by atoms with Gasteiger partial charge in [-0.25, -0.2) is 9.78 Å². The molecule has 3 rings (SSSR count). The summed E-state index contributed by atoms with van der Waals surface area (Å²) in [4.78, 5) is 39.7. The average Bonchev–Trinajstić information content (AvgIpc) is 3.31. The number of thiazole rings is 1. The van der Waals surface area contributed by atoms with Gasteiger partial charge in [-0.15, -0.1) is 11.3 Å². The molecular formula is C18H14N2O4S2. The van der Waals surface area contributed by atoms with Gasteiger partial charge in [0.1, 0.15) is 5.01 Å². The van der Waals surface area contributed by atoms with Crippen LogP contribution in [0.1, 0.15) is 16.1 Å². The third-order valence-corrected chi connectivity index (χ3v) is 4.88. The molecule has 2 aromatic heterocycles. The Kier molecular flexibility index (Phi) is 5.88. The summed E-state index contributed by atoms with van der Waals surface area (Å²) in [5.41, 5.74) is 1.86. The fourth-order valence-electron chi connectivity index (χ4n) is 2.11. The first-order chi connectivity index (χ1) is 12.6. The van der Waals surface area contributed by atoms with Gasteiger partial charge in [-0.3, -0.25) is 14.9 Å². The van der Waals surface area contributed by atoms with Crippen molar-refractivity contribution >= 4 is 40.5 Å². The number of imide groups is 1. The van der Waals surface area contributed by atoms with Crippen LogP contribution >= 0.6 is 22.7 Å². The first-order valence-corrected chi connectivity index (χ1v) is 9.46. The second kappa shape index (κ2) is 8.50. The third kappa shape index (κ3) is 4.84. The summed E-state index contributed by atoms with van der Waals surface area (Å²) >= 11 is 2.86. The summed E-state index contributed by atoms with van der Waals surface area (Å²) < 4.78 is 4.92. The number of thiophene rings is 1. The molecule has 0 radical (unpaired) electrons. The van der Waals surface area contributed by atoms with Crippen LogP contribution in [-0.2, 0) is 20.7 Å². The monoisotopic (exact) mass is 386 g/mol. The molecule has 6 nitrogen and oxygen atoms in total. The Bertz CT molecular complexity index is 904. The molecule has 0 spiro atoms. The molecule has 1 aromatic carbocycles. The number of rotatable bonds is 6. The van der Waals surface area contributed by atoms with Crippen molar-refractivity contribution < 1.29 is 19.1 Å². The molecule has 26 heavy (non-hydrogen) atoms. The minimum atomic E-state index is -0.701. The molecular weight excluding hydrogens is 372 g/mol. The Hall–Kier alpha value is -2.84. The zero-order valence-corrected chi connectivity index (χ0v) is 15.1. The highest BCUT2D eigenvalue weighted by Gasteiger charge is 2.16. The van der Waals surface area contributed by atoms with Gasteiger partial charge in [0.25, 0.3) is 5.91 Å². The number of aromatic nitrogens is 1. The van der Waals surface area contributed by atoms with Crippen LogP contribution in [0.15, 0.2) is 52.5 Å². The van der Waals surface area contributed by atoms with Crippen LogP contribution in [0.4, 0.5) is 0 Å². The lowest BCUT2D eigenvalue weighted by Gasteiger charge is -2.05. The van der Waals surface area contributed by atoms with Crippen molar-refractivity contribution in [2.75, 3.05) is 6.61 Å². The molecule has 1 N–H and O–H groups in total. The Morgan fingerprint density at radius 3 is 2.58 bits per heavy atom. The van der Waals surface area contributed by atoms with Crippen LogP contribution in [0.25, 0.3) is 10.6 Å². The summed E-state index contributed by atoms with van der Waals surface area (Å²) in [7, 11) is 0. The van der Waals surface area contributed by atoms with Crippen molar-refractivity contribution in [3.8, 4) is 10.6 Å². The highest BCUT2D eigenvalue weighted by molar-refractivity contribution is 7.14. The largest absolute Gasteiger partial charge is 0.451 e. The van der Waals surface area contributed by atoms with Crippen molar-refractivity contribution in [1.29, 1.82) is 0 Å². The normalized spacial score (nSPS) is 10.3. The number of hydrogen-bond donors (Lipinski definition) is 1. The van der Waals surface area contributed by atoms with E-state index in [1.54, 1.807) is 17.5 Å². The van der Waals surface area contributed by atoms with Gasteiger partial charge >= 0.3 is 5.97 Å². The standard InChI is InChI=1S/C18H14N2O4S2/c21-15(8-12-4-2-1-3-5-12)20-16(22)9-24-18(23)14-11-26-17(19-14)13-6-7-25-10-13/h1-7,10-11H,8-9H2,(H,20,21,22). The van der Waals surface area contributed by atoms with E-state index < -0.39 is 24.4 Å². The molecule has 0 aliphatic carbocycles. The van der Waals surface area contributed by atoms with Gasteiger partial charge < -0.3 is 4.74 Å². The first-order valence-electron chi connectivity index (χ1n) is 7.63. The lowest BCUT2D eigenvalue weighted by Crippen LogP contribution is -2.35. The molecule has 2 heterocycles. The van der Waals surface area contributed by atoms with Crippen LogP contribution in [0.5, 0.6) is 0 Å². The van der Waals surface area contributed by atoms with E-state index >= 15 is 0 Å². The van der Waals surface area contributed by atoms with Crippen molar-refractivity contribution in [1.82, 2.24) is 10.3 Å². The molecule has 132 valence electrons. The van der Waals surface area contributed by atoms with Gasteiger partial charge in [-0.05, 0) is 17.0 Å². The van der Waals surface area contributed by atoms with E-state index in [1.165, 1.54) is 22.7 Å². The Morgan fingerprint density at radius 2 is 1.85 bits per heavy atom. The predicted octanol–water partition coefficient (Wildman–Crippen LogP) is 2.91. The summed E-state index contributed by atoms with van der Waals surface area (Å²) in [6.07, 6.45) is 0.0800. The number of hydrogen-bond acceptors (Lipinski definition) is 7. The maximum absolute atomic E-state index is 12.0. The van der Waals surface area contributed by atoms with Crippen molar-refractivity contribution in [2.45, 2.75) is 6.42 Å². The van der Waals surface area contributed by atoms with Gasteiger partial charge in [0.05, 0.1) is 6.42 Å². The minimum Gasteiger partial charge on any atom is -0.451 e.